The zero-order chi connectivity index (χ0) is 9.36. The molecule has 0 aromatic heterocycles. The Hall–Kier alpha value is -1.24. The number of benzene rings is 1. The van der Waals surface area contributed by atoms with Gasteiger partial charge in [0.25, 0.3) is 0 Å². The molecule has 0 unspecified atom stereocenters. The largest absolute Gasteiger partial charge is 0.391 e. The van der Waals surface area contributed by atoms with Gasteiger partial charge in [-0.1, -0.05) is 43.3 Å². The van der Waals surface area contributed by atoms with Crippen LogP contribution in [0.1, 0.15) is 18.9 Å². The molecule has 0 heterocycles. The van der Waals surface area contributed by atoms with Crippen LogP contribution in [-0.4, -0.2) is 6.54 Å². The van der Waals surface area contributed by atoms with Gasteiger partial charge < -0.3 is 5.32 Å². The van der Waals surface area contributed by atoms with Gasteiger partial charge in [-0.25, -0.2) is 0 Å². The van der Waals surface area contributed by atoms with Crippen molar-refractivity contribution in [1.29, 1.82) is 0 Å². The first kappa shape index (κ1) is 9.85. The first-order chi connectivity index (χ1) is 6.43. The maximum absolute atomic E-state index is 3.22. The SMILES string of the molecule is CCCN/C=C/Cc1ccccc1. The van der Waals surface area contributed by atoms with E-state index < -0.39 is 0 Å². The summed E-state index contributed by atoms with van der Waals surface area (Å²) in [5, 5.41) is 3.22. The van der Waals surface area contributed by atoms with Crippen LogP contribution in [0.4, 0.5) is 0 Å². The van der Waals surface area contributed by atoms with Gasteiger partial charge in [0.15, 0.2) is 0 Å². The lowest BCUT2D eigenvalue weighted by Gasteiger charge is -1.96. The molecule has 1 aromatic rings. The molecule has 0 aliphatic carbocycles. The number of allylic oxidation sites excluding steroid dienone is 1. The topological polar surface area (TPSA) is 12.0 Å². The van der Waals surface area contributed by atoms with Crippen LogP contribution in [0, 0.1) is 0 Å². The Morgan fingerprint density at radius 2 is 2.00 bits per heavy atom. The molecule has 0 bridgehead atoms. The standard InChI is InChI=1S/C12H17N/c1-2-10-13-11-6-9-12-7-4-3-5-8-12/h3-8,11,13H,2,9-10H2,1H3/b11-6+. The monoisotopic (exact) mass is 175 g/mol. The van der Waals surface area contributed by atoms with Gasteiger partial charge in [-0.3, -0.25) is 0 Å². The van der Waals surface area contributed by atoms with E-state index in [4.69, 9.17) is 0 Å². The Labute approximate surface area is 80.5 Å². The molecular formula is C12H17N. The van der Waals surface area contributed by atoms with E-state index in [0.29, 0.717) is 0 Å². The Morgan fingerprint density at radius 3 is 2.69 bits per heavy atom. The van der Waals surface area contributed by atoms with Crippen molar-refractivity contribution >= 4 is 0 Å². The summed E-state index contributed by atoms with van der Waals surface area (Å²) in [6.07, 6.45) is 6.38. The molecule has 0 radical (unpaired) electrons. The number of rotatable bonds is 5. The summed E-state index contributed by atoms with van der Waals surface area (Å²) in [6.45, 7) is 3.23. The third kappa shape index (κ3) is 4.36. The highest BCUT2D eigenvalue weighted by Crippen LogP contribution is 1.99. The first-order valence-corrected chi connectivity index (χ1v) is 4.86. The molecule has 1 heteroatoms. The predicted molar refractivity (Wildman–Crippen MR) is 57.6 cm³/mol. The van der Waals surface area contributed by atoms with E-state index in [9.17, 15) is 0 Å². The highest BCUT2D eigenvalue weighted by atomic mass is 14.8. The van der Waals surface area contributed by atoms with E-state index in [-0.39, 0.29) is 0 Å². The molecule has 0 amide bonds. The lowest BCUT2D eigenvalue weighted by molar-refractivity contribution is 0.807. The highest BCUT2D eigenvalue weighted by Gasteiger charge is 1.84. The summed E-state index contributed by atoms with van der Waals surface area (Å²) in [6, 6.07) is 10.5. The summed E-state index contributed by atoms with van der Waals surface area (Å²) in [7, 11) is 0. The van der Waals surface area contributed by atoms with Crippen LogP contribution in [0.15, 0.2) is 42.6 Å². The van der Waals surface area contributed by atoms with Crippen molar-refractivity contribution in [2.75, 3.05) is 6.54 Å². The molecule has 1 N–H and O–H groups in total. The van der Waals surface area contributed by atoms with E-state index in [2.05, 4.69) is 42.6 Å². The summed E-state index contributed by atoms with van der Waals surface area (Å²) in [5.41, 5.74) is 1.36. The molecular weight excluding hydrogens is 158 g/mol. The van der Waals surface area contributed by atoms with Gasteiger partial charge in [0, 0.05) is 6.54 Å². The third-order valence-electron chi connectivity index (χ3n) is 1.83. The summed E-state index contributed by atoms with van der Waals surface area (Å²) >= 11 is 0. The lowest BCUT2D eigenvalue weighted by Crippen LogP contribution is -2.04. The Bertz CT molecular complexity index is 239. The van der Waals surface area contributed by atoms with E-state index in [1.807, 2.05) is 12.3 Å². The summed E-state index contributed by atoms with van der Waals surface area (Å²) < 4.78 is 0. The minimum absolute atomic E-state index is 1.01. The van der Waals surface area contributed by atoms with Crippen molar-refractivity contribution in [2.45, 2.75) is 19.8 Å². The van der Waals surface area contributed by atoms with Crippen molar-refractivity contribution in [2.24, 2.45) is 0 Å². The van der Waals surface area contributed by atoms with E-state index in [1.165, 1.54) is 12.0 Å². The van der Waals surface area contributed by atoms with Crippen LogP contribution in [0.2, 0.25) is 0 Å². The first-order valence-electron chi connectivity index (χ1n) is 4.86. The molecule has 13 heavy (non-hydrogen) atoms. The van der Waals surface area contributed by atoms with Crippen LogP contribution in [0.5, 0.6) is 0 Å². The molecule has 0 aliphatic rings. The predicted octanol–water partition coefficient (Wildman–Crippen LogP) is 2.74. The number of nitrogens with one attached hydrogen (secondary N) is 1. The molecule has 1 rings (SSSR count). The second-order valence-corrected chi connectivity index (χ2v) is 3.05. The van der Waals surface area contributed by atoms with Gasteiger partial charge >= 0.3 is 0 Å². The van der Waals surface area contributed by atoms with Gasteiger partial charge in [0.1, 0.15) is 0 Å². The molecule has 0 saturated heterocycles. The van der Waals surface area contributed by atoms with Crippen molar-refractivity contribution in [1.82, 2.24) is 5.32 Å². The average Bonchev–Trinajstić information content (AvgIpc) is 2.19. The number of hydrogen-bond donors (Lipinski definition) is 1. The van der Waals surface area contributed by atoms with Crippen molar-refractivity contribution in [3.05, 3.63) is 48.2 Å². The maximum atomic E-state index is 3.22. The minimum atomic E-state index is 1.01. The minimum Gasteiger partial charge on any atom is -0.391 e. The third-order valence-corrected chi connectivity index (χ3v) is 1.83. The van der Waals surface area contributed by atoms with Crippen molar-refractivity contribution in [3.8, 4) is 0 Å². The summed E-state index contributed by atoms with van der Waals surface area (Å²) in [4.78, 5) is 0. The fourth-order valence-electron chi connectivity index (χ4n) is 1.12. The fraction of sp³-hybridized carbons (Fsp3) is 0.333. The quantitative estimate of drug-likeness (QED) is 0.678. The smallest absolute Gasteiger partial charge is 0.0138 e. The van der Waals surface area contributed by atoms with Gasteiger partial charge in [-0.05, 0) is 24.6 Å². The van der Waals surface area contributed by atoms with Crippen molar-refractivity contribution in [3.63, 3.8) is 0 Å². The van der Waals surface area contributed by atoms with Gasteiger partial charge in [-0.15, -0.1) is 0 Å². The fourth-order valence-corrected chi connectivity index (χ4v) is 1.12. The molecule has 70 valence electrons. The Kier molecular flexibility index (Phi) is 4.77. The zero-order valence-electron chi connectivity index (χ0n) is 8.16. The summed E-state index contributed by atoms with van der Waals surface area (Å²) in [5.74, 6) is 0. The molecule has 0 atom stereocenters. The maximum Gasteiger partial charge on any atom is 0.0138 e. The van der Waals surface area contributed by atoms with Gasteiger partial charge in [0.2, 0.25) is 0 Å². The van der Waals surface area contributed by atoms with Crippen LogP contribution in [0.3, 0.4) is 0 Å². The molecule has 1 nitrogen and oxygen atoms in total. The molecule has 0 aliphatic heterocycles. The van der Waals surface area contributed by atoms with E-state index in [1.54, 1.807) is 0 Å². The van der Waals surface area contributed by atoms with Crippen LogP contribution < -0.4 is 5.32 Å². The van der Waals surface area contributed by atoms with Crippen LogP contribution >= 0.6 is 0 Å². The zero-order valence-corrected chi connectivity index (χ0v) is 8.16. The normalized spacial score (nSPS) is 10.5. The van der Waals surface area contributed by atoms with Gasteiger partial charge in [-0.2, -0.15) is 0 Å². The van der Waals surface area contributed by atoms with E-state index >= 15 is 0 Å². The highest BCUT2D eigenvalue weighted by molar-refractivity contribution is 5.17. The second kappa shape index (κ2) is 6.30. The Morgan fingerprint density at radius 1 is 1.23 bits per heavy atom. The Balaban J connectivity index is 2.23. The molecule has 0 spiro atoms. The molecule has 0 fully saturated rings. The average molecular weight is 175 g/mol. The number of hydrogen-bond acceptors (Lipinski definition) is 1. The van der Waals surface area contributed by atoms with Gasteiger partial charge in [0.05, 0.1) is 0 Å². The molecule has 0 saturated carbocycles. The van der Waals surface area contributed by atoms with Crippen LogP contribution in [-0.2, 0) is 6.42 Å². The van der Waals surface area contributed by atoms with Crippen LogP contribution in [0.25, 0.3) is 0 Å². The van der Waals surface area contributed by atoms with Crippen molar-refractivity contribution < 1.29 is 0 Å². The molecule has 1 aromatic carbocycles. The van der Waals surface area contributed by atoms with E-state index in [0.717, 1.165) is 13.0 Å². The second-order valence-electron chi connectivity index (χ2n) is 3.05. The lowest BCUT2D eigenvalue weighted by atomic mass is 10.1.